The topological polar surface area (TPSA) is 129 Å². The Morgan fingerprint density at radius 1 is 1.41 bits per heavy atom. The summed E-state index contributed by atoms with van der Waals surface area (Å²) in [6.07, 6.45) is 1.14. The van der Waals surface area contributed by atoms with Gasteiger partial charge in [0.15, 0.2) is 0 Å². The molecule has 4 N–H and O–H groups in total. The molecule has 1 rings (SSSR count). The number of primary sulfonamides is 1. The van der Waals surface area contributed by atoms with Crippen LogP contribution in [0.15, 0.2) is 17.0 Å². The first-order valence-corrected chi connectivity index (χ1v) is 6.42. The minimum absolute atomic E-state index is 0.377. The van der Waals surface area contributed by atoms with Gasteiger partial charge in [-0.1, -0.05) is 19.4 Å². The van der Waals surface area contributed by atoms with Crippen LogP contribution in [0.5, 0.6) is 0 Å². The molecule has 0 amide bonds. The van der Waals surface area contributed by atoms with Gasteiger partial charge >= 0.3 is 0 Å². The summed E-state index contributed by atoms with van der Waals surface area (Å²) in [7, 11) is -4.05. The Kier molecular flexibility index (Phi) is 3.69. The molecule has 1 aromatic carbocycles. The molecule has 0 heterocycles. The second kappa shape index (κ2) is 4.68. The first kappa shape index (κ1) is 13.4. The van der Waals surface area contributed by atoms with Crippen molar-refractivity contribution in [3.8, 4) is 0 Å². The third-order valence-electron chi connectivity index (χ3n) is 2.27. The molecule has 0 fully saturated rings. The maximum Gasteiger partial charge on any atom is 0.296 e. The van der Waals surface area contributed by atoms with Crippen LogP contribution in [0.25, 0.3) is 0 Å². The summed E-state index contributed by atoms with van der Waals surface area (Å²) in [5, 5.41) is 15.8. The van der Waals surface area contributed by atoms with E-state index in [-0.39, 0.29) is 5.69 Å². The molecule has 1 aromatic rings. The van der Waals surface area contributed by atoms with Crippen LogP contribution in [0, 0.1) is 10.1 Å². The highest BCUT2D eigenvalue weighted by Crippen LogP contribution is 2.32. The van der Waals surface area contributed by atoms with Crippen LogP contribution >= 0.6 is 0 Å². The Morgan fingerprint density at radius 2 is 2.00 bits per heavy atom. The van der Waals surface area contributed by atoms with E-state index in [9.17, 15) is 18.5 Å². The number of benzene rings is 1. The van der Waals surface area contributed by atoms with E-state index in [1.165, 1.54) is 12.1 Å². The molecule has 0 atom stereocenters. The fraction of sp³-hybridized carbons (Fsp3) is 0.333. The lowest BCUT2D eigenvalue weighted by atomic mass is 10.1. The number of nitrogen functional groups attached to an aromatic ring is 1. The third kappa shape index (κ3) is 2.71. The highest BCUT2D eigenvalue weighted by molar-refractivity contribution is 7.89. The molecule has 0 aliphatic rings. The zero-order valence-electron chi connectivity index (χ0n) is 9.21. The van der Waals surface area contributed by atoms with Gasteiger partial charge in [-0.05, 0) is 12.5 Å². The lowest BCUT2D eigenvalue weighted by Crippen LogP contribution is -2.15. The van der Waals surface area contributed by atoms with Gasteiger partial charge in [0.05, 0.1) is 4.92 Å². The second-order valence-corrected chi connectivity index (χ2v) is 5.07. The van der Waals surface area contributed by atoms with Gasteiger partial charge in [-0.25, -0.2) is 13.6 Å². The van der Waals surface area contributed by atoms with Crippen molar-refractivity contribution in [1.82, 2.24) is 0 Å². The van der Waals surface area contributed by atoms with Crippen molar-refractivity contribution in [2.24, 2.45) is 5.14 Å². The number of anilines is 1. The third-order valence-corrected chi connectivity index (χ3v) is 3.24. The summed E-state index contributed by atoms with van der Waals surface area (Å²) in [4.78, 5) is 9.79. The lowest BCUT2D eigenvalue weighted by Gasteiger charge is -2.07. The van der Waals surface area contributed by atoms with Crippen molar-refractivity contribution in [1.29, 1.82) is 0 Å². The number of sulfonamides is 1. The minimum Gasteiger partial charge on any atom is -0.392 e. The van der Waals surface area contributed by atoms with Crippen molar-refractivity contribution in [2.45, 2.75) is 24.7 Å². The Morgan fingerprint density at radius 3 is 2.41 bits per heavy atom. The van der Waals surface area contributed by atoms with E-state index < -0.39 is 25.5 Å². The number of hydrogen-bond donors (Lipinski definition) is 2. The molecule has 8 heteroatoms. The quantitative estimate of drug-likeness (QED) is 0.468. The monoisotopic (exact) mass is 259 g/mol. The van der Waals surface area contributed by atoms with Gasteiger partial charge in [0.25, 0.3) is 5.69 Å². The molecule has 7 nitrogen and oxygen atoms in total. The van der Waals surface area contributed by atoms with Gasteiger partial charge in [-0.15, -0.1) is 0 Å². The largest absolute Gasteiger partial charge is 0.392 e. The first-order valence-electron chi connectivity index (χ1n) is 4.87. The summed E-state index contributed by atoms with van der Waals surface area (Å²) in [6, 6.07) is 2.57. The molecule has 94 valence electrons. The predicted molar refractivity (Wildman–Crippen MR) is 62.9 cm³/mol. The normalized spacial score (nSPS) is 11.4. The molecular formula is C9H13N3O4S. The molecule has 0 aliphatic carbocycles. The Labute approximate surface area is 98.6 Å². The molecule has 0 aromatic heterocycles. The van der Waals surface area contributed by atoms with E-state index in [1.807, 2.05) is 6.92 Å². The Balaban J connectivity index is 3.55. The highest BCUT2D eigenvalue weighted by atomic mass is 32.2. The molecule has 0 spiro atoms. The summed E-state index contributed by atoms with van der Waals surface area (Å²) < 4.78 is 22.3. The summed E-state index contributed by atoms with van der Waals surface area (Å²) in [5.74, 6) is 0. The lowest BCUT2D eigenvalue weighted by molar-refractivity contribution is -0.384. The van der Waals surface area contributed by atoms with Crippen LogP contribution in [0.1, 0.15) is 18.9 Å². The van der Waals surface area contributed by atoms with E-state index in [0.29, 0.717) is 18.4 Å². The maximum absolute atomic E-state index is 11.2. The van der Waals surface area contributed by atoms with Crippen LogP contribution in [-0.2, 0) is 16.4 Å². The number of nitro benzene ring substituents is 1. The summed E-state index contributed by atoms with van der Waals surface area (Å²) in [5.41, 5.74) is 5.13. The van der Waals surface area contributed by atoms with Crippen LogP contribution in [0.4, 0.5) is 11.4 Å². The van der Waals surface area contributed by atoms with E-state index in [0.717, 1.165) is 0 Å². The minimum atomic E-state index is -4.05. The molecule has 0 bridgehead atoms. The van der Waals surface area contributed by atoms with Gasteiger partial charge in [0, 0.05) is 5.56 Å². The van der Waals surface area contributed by atoms with Crippen LogP contribution in [-0.4, -0.2) is 13.3 Å². The smallest absolute Gasteiger partial charge is 0.296 e. The highest BCUT2D eigenvalue weighted by Gasteiger charge is 2.24. The van der Waals surface area contributed by atoms with E-state index in [1.54, 1.807) is 0 Å². The molecule has 0 radical (unpaired) electrons. The maximum atomic E-state index is 11.2. The summed E-state index contributed by atoms with van der Waals surface area (Å²) in [6.45, 7) is 1.85. The average Bonchev–Trinajstić information content (AvgIpc) is 2.15. The summed E-state index contributed by atoms with van der Waals surface area (Å²) >= 11 is 0. The fourth-order valence-corrected chi connectivity index (χ4v) is 2.23. The van der Waals surface area contributed by atoms with Crippen molar-refractivity contribution < 1.29 is 13.3 Å². The van der Waals surface area contributed by atoms with Crippen LogP contribution in [0.2, 0.25) is 0 Å². The average molecular weight is 259 g/mol. The number of aryl methyl sites for hydroxylation is 1. The molecule has 0 saturated heterocycles. The van der Waals surface area contributed by atoms with Gasteiger partial charge in [-0.3, -0.25) is 10.1 Å². The number of rotatable bonds is 4. The van der Waals surface area contributed by atoms with Gasteiger partial charge in [0.2, 0.25) is 10.0 Å². The van der Waals surface area contributed by atoms with Gasteiger partial charge < -0.3 is 5.73 Å². The SMILES string of the molecule is CCCc1ccc(S(N)(=O)=O)c(N)c1[N+](=O)[O-]. The molecule has 0 saturated carbocycles. The molecule has 17 heavy (non-hydrogen) atoms. The second-order valence-electron chi connectivity index (χ2n) is 3.54. The van der Waals surface area contributed by atoms with Crippen LogP contribution in [0.3, 0.4) is 0 Å². The van der Waals surface area contributed by atoms with Crippen molar-refractivity contribution in [2.75, 3.05) is 5.73 Å². The van der Waals surface area contributed by atoms with Crippen molar-refractivity contribution in [3.05, 3.63) is 27.8 Å². The standard InChI is InChI=1S/C9H13N3O4S/c1-2-3-6-4-5-7(17(11,15)16)8(10)9(6)12(13)14/h4-5H,2-3,10H2,1H3,(H2,11,15,16). The molecule has 0 unspecified atom stereocenters. The Bertz CT molecular complexity index is 554. The van der Waals surface area contributed by atoms with Crippen molar-refractivity contribution >= 4 is 21.4 Å². The molecular weight excluding hydrogens is 246 g/mol. The van der Waals surface area contributed by atoms with Gasteiger partial charge in [-0.2, -0.15) is 0 Å². The van der Waals surface area contributed by atoms with Crippen LogP contribution < -0.4 is 10.9 Å². The molecule has 0 aliphatic heterocycles. The van der Waals surface area contributed by atoms with E-state index in [2.05, 4.69) is 0 Å². The first-order chi connectivity index (χ1) is 7.79. The zero-order chi connectivity index (χ0) is 13.2. The zero-order valence-corrected chi connectivity index (χ0v) is 10.0. The van der Waals surface area contributed by atoms with Gasteiger partial charge in [0.1, 0.15) is 10.6 Å². The predicted octanol–water partition coefficient (Wildman–Crippen LogP) is 0.777. The fourth-order valence-electron chi connectivity index (χ4n) is 1.57. The number of nitro groups is 1. The van der Waals surface area contributed by atoms with E-state index in [4.69, 9.17) is 10.9 Å². The Hall–Kier alpha value is -1.67. The number of nitrogens with zero attached hydrogens (tertiary/aromatic N) is 1. The number of hydrogen-bond acceptors (Lipinski definition) is 5. The van der Waals surface area contributed by atoms with E-state index >= 15 is 0 Å². The number of nitrogens with two attached hydrogens (primary N) is 2. The van der Waals surface area contributed by atoms with Crippen molar-refractivity contribution in [3.63, 3.8) is 0 Å².